The van der Waals surface area contributed by atoms with Gasteiger partial charge >= 0.3 is 0 Å². The standard InChI is InChI=1S/C24H30N2O2/c1-2-16-15-26-12-10-17(16)13-23(26)24(27)20-9-11-25-22-8-7-19(14-21(20)22)28-18-5-3-4-6-18/h2,7-9,11,14,17-18,23-24,27H,3-6,10,12-13,15H2,1H3/t17-,23-,24+/m0/s1. The average molecular weight is 379 g/mol. The third-order valence-electron chi connectivity index (χ3n) is 7.08. The molecule has 2 aromatic rings. The lowest BCUT2D eigenvalue weighted by molar-refractivity contribution is -0.00340. The maximum absolute atomic E-state index is 11.4. The van der Waals surface area contributed by atoms with Gasteiger partial charge in [-0.3, -0.25) is 9.88 Å². The van der Waals surface area contributed by atoms with Gasteiger partial charge in [-0.15, -0.1) is 0 Å². The molecule has 0 radical (unpaired) electrons. The second-order valence-corrected chi connectivity index (χ2v) is 8.67. The van der Waals surface area contributed by atoms with Gasteiger partial charge in [-0.2, -0.15) is 0 Å². The molecule has 4 aliphatic rings. The van der Waals surface area contributed by atoms with Crippen LogP contribution >= 0.6 is 0 Å². The van der Waals surface area contributed by atoms with Crippen LogP contribution in [0.5, 0.6) is 5.75 Å². The summed E-state index contributed by atoms with van der Waals surface area (Å²) in [5.41, 5.74) is 3.46. The summed E-state index contributed by atoms with van der Waals surface area (Å²) in [6.45, 7) is 4.23. The summed E-state index contributed by atoms with van der Waals surface area (Å²) < 4.78 is 6.21. The highest BCUT2D eigenvalue weighted by Crippen LogP contribution is 2.41. The maximum atomic E-state index is 11.4. The van der Waals surface area contributed by atoms with Crippen LogP contribution in [0.15, 0.2) is 42.1 Å². The number of hydrogen-bond donors (Lipinski definition) is 1. The number of rotatable bonds is 4. The molecular weight excluding hydrogens is 348 g/mol. The molecule has 1 aromatic heterocycles. The van der Waals surface area contributed by atoms with Gasteiger partial charge in [-0.1, -0.05) is 11.6 Å². The van der Waals surface area contributed by atoms with E-state index in [0.29, 0.717) is 12.0 Å². The zero-order chi connectivity index (χ0) is 19.1. The smallest absolute Gasteiger partial charge is 0.120 e. The van der Waals surface area contributed by atoms with E-state index in [1.807, 2.05) is 24.4 Å². The molecular formula is C24H30N2O2. The van der Waals surface area contributed by atoms with Crippen molar-refractivity contribution in [1.29, 1.82) is 0 Å². The van der Waals surface area contributed by atoms with Gasteiger partial charge in [-0.05, 0) is 87.7 Å². The van der Waals surface area contributed by atoms with Crippen molar-refractivity contribution in [3.8, 4) is 5.75 Å². The van der Waals surface area contributed by atoms with Crippen LogP contribution in [0.25, 0.3) is 10.9 Å². The lowest BCUT2D eigenvalue weighted by atomic mass is 9.76. The molecule has 28 heavy (non-hydrogen) atoms. The predicted octanol–water partition coefficient (Wildman–Crippen LogP) is 4.63. The zero-order valence-electron chi connectivity index (χ0n) is 16.7. The van der Waals surface area contributed by atoms with Crippen LogP contribution in [0.4, 0.5) is 0 Å². The summed E-state index contributed by atoms with van der Waals surface area (Å²) in [5.74, 6) is 1.53. The van der Waals surface area contributed by atoms with E-state index in [4.69, 9.17) is 4.74 Å². The first kappa shape index (κ1) is 18.1. The molecule has 6 rings (SSSR count). The Kier molecular flexibility index (Phi) is 4.85. The molecule has 0 spiro atoms. The van der Waals surface area contributed by atoms with Crippen molar-refractivity contribution in [2.45, 2.75) is 63.7 Å². The van der Waals surface area contributed by atoms with Gasteiger partial charge < -0.3 is 9.84 Å². The Morgan fingerprint density at radius 3 is 2.82 bits per heavy atom. The van der Waals surface area contributed by atoms with E-state index in [9.17, 15) is 5.11 Å². The SMILES string of the molecule is CC=C1CN2CC[C@H]1C[C@H]2[C@H](O)c1ccnc2ccc(OC3CCCC3)cc12. The molecule has 4 heteroatoms. The van der Waals surface area contributed by atoms with Crippen LogP contribution < -0.4 is 4.74 Å². The topological polar surface area (TPSA) is 45.6 Å². The largest absolute Gasteiger partial charge is 0.490 e. The molecule has 0 amide bonds. The maximum Gasteiger partial charge on any atom is 0.120 e. The zero-order valence-corrected chi connectivity index (χ0v) is 16.7. The van der Waals surface area contributed by atoms with Gasteiger partial charge in [0.05, 0.1) is 17.7 Å². The molecule has 4 atom stereocenters. The Morgan fingerprint density at radius 1 is 1.21 bits per heavy atom. The molecule has 1 aliphatic carbocycles. The van der Waals surface area contributed by atoms with Crippen LogP contribution in [0.1, 0.15) is 57.1 Å². The third-order valence-corrected chi connectivity index (χ3v) is 7.08. The lowest BCUT2D eigenvalue weighted by Gasteiger charge is -2.48. The molecule has 148 valence electrons. The van der Waals surface area contributed by atoms with E-state index < -0.39 is 6.10 Å². The molecule has 1 N–H and O–H groups in total. The van der Waals surface area contributed by atoms with E-state index in [-0.39, 0.29) is 6.04 Å². The van der Waals surface area contributed by atoms with Crippen LogP contribution in [0.2, 0.25) is 0 Å². The second kappa shape index (κ2) is 7.49. The number of aliphatic hydroxyl groups excluding tert-OH is 1. The van der Waals surface area contributed by atoms with Crippen molar-refractivity contribution in [2.24, 2.45) is 5.92 Å². The summed E-state index contributed by atoms with van der Waals surface area (Å²) >= 11 is 0. The van der Waals surface area contributed by atoms with E-state index in [0.717, 1.165) is 54.6 Å². The van der Waals surface area contributed by atoms with Crippen LogP contribution in [0.3, 0.4) is 0 Å². The number of piperidine rings is 3. The van der Waals surface area contributed by atoms with Crippen LogP contribution in [0, 0.1) is 5.92 Å². The fraction of sp³-hybridized carbons (Fsp3) is 0.542. The summed E-state index contributed by atoms with van der Waals surface area (Å²) in [5, 5.41) is 12.4. The van der Waals surface area contributed by atoms with Crippen LogP contribution in [-0.4, -0.2) is 40.2 Å². The van der Waals surface area contributed by atoms with Gasteiger partial charge in [0.25, 0.3) is 0 Å². The number of ether oxygens (including phenoxy) is 1. The van der Waals surface area contributed by atoms with Gasteiger partial charge in [-0.25, -0.2) is 0 Å². The van der Waals surface area contributed by atoms with Crippen molar-refractivity contribution < 1.29 is 9.84 Å². The number of aliphatic hydroxyl groups is 1. The fourth-order valence-electron chi connectivity index (χ4n) is 5.48. The highest BCUT2D eigenvalue weighted by Gasteiger charge is 2.40. The molecule has 4 nitrogen and oxygen atoms in total. The van der Waals surface area contributed by atoms with Crippen molar-refractivity contribution in [3.05, 3.63) is 47.7 Å². The van der Waals surface area contributed by atoms with E-state index in [1.54, 1.807) is 5.57 Å². The Hall–Kier alpha value is -1.91. The van der Waals surface area contributed by atoms with E-state index in [1.165, 1.54) is 19.3 Å². The first-order chi connectivity index (χ1) is 13.7. The quantitative estimate of drug-likeness (QED) is 0.788. The number of fused-ring (bicyclic) bond motifs is 4. The van der Waals surface area contributed by atoms with Gasteiger partial charge in [0.2, 0.25) is 0 Å². The monoisotopic (exact) mass is 378 g/mol. The number of nitrogens with zero attached hydrogens (tertiary/aromatic N) is 2. The summed E-state index contributed by atoms with van der Waals surface area (Å²) in [6.07, 6.45) is 11.0. The predicted molar refractivity (Wildman–Crippen MR) is 111 cm³/mol. The molecule has 3 aliphatic heterocycles. The van der Waals surface area contributed by atoms with E-state index >= 15 is 0 Å². The van der Waals surface area contributed by atoms with E-state index in [2.05, 4.69) is 29.0 Å². The minimum Gasteiger partial charge on any atom is -0.490 e. The van der Waals surface area contributed by atoms with Crippen molar-refractivity contribution in [1.82, 2.24) is 9.88 Å². The normalized spacial score (nSPS) is 30.2. The number of benzene rings is 1. The van der Waals surface area contributed by atoms with Gasteiger partial charge in [0.1, 0.15) is 5.75 Å². The molecule has 1 unspecified atom stereocenters. The minimum atomic E-state index is -0.492. The number of aromatic nitrogens is 1. The Labute approximate surface area is 167 Å². The van der Waals surface area contributed by atoms with Gasteiger partial charge in [0, 0.05) is 24.2 Å². The number of allylic oxidation sites excluding steroid dienone is 1. The molecule has 4 fully saturated rings. The Balaban J connectivity index is 1.44. The molecule has 3 saturated heterocycles. The highest BCUT2D eigenvalue weighted by molar-refractivity contribution is 5.84. The molecule has 1 saturated carbocycles. The molecule has 1 aromatic carbocycles. The van der Waals surface area contributed by atoms with Gasteiger partial charge in [0.15, 0.2) is 0 Å². The number of pyridine rings is 1. The first-order valence-corrected chi connectivity index (χ1v) is 10.9. The molecule has 2 bridgehead atoms. The first-order valence-electron chi connectivity index (χ1n) is 10.9. The summed E-state index contributed by atoms with van der Waals surface area (Å²) in [7, 11) is 0. The minimum absolute atomic E-state index is 0.187. The Morgan fingerprint density at radius 2 is 2.07 bits per heavy atom. The van der Waals surface area contributed by atoms with Crippen molar-refractivity contribution in [2.75, 3.05) is 13.1 Å². The average Bonchev–Trinajstić information content (AvgIpc) is 3.26. The highest BCUT2D eigenvalue weighted by atomic mass is 16.5. The summed E-state index contributed by atoms with van der Waals surface area (Å²) in [4.78, 5) is 6.99. The van der Waals surface area contributed by atoms with Crippen LogP contribution in [-0.2, 0) is 0 Å². The van der Waals surface area contributed by atoms with Crippen molar-refractivity contribution in [3.63, 3.8) is 0 Å². The Bertz CT molecular complexity index is 887. The summed E-state index contributed by atoms with van der Waals surface area (Å²) in [6, 6.07) is 8.32. The lowest BCUT2D eigenvalue weighted by Crippen LogP contribution is -2.52. The third kappa shape index (κ3) is 3.23. The van der Waals surface area contributed by atoms with Crippen molar-refractivity contribution >= 4 is 10.9 Å². The fourth-order valence-corrected chi connectivity index (χ4v) is 5.48. The second-order valence-electron chi connectivity index (χ2n) is 8.67. The number of hydrogen-bond acceptors (Lipinski definition) is 4. The molecule has 4 heterocycles.